The molecule has 0 aromatic heterocycles. The third kappa shape index (κ3) is 2.91. The van der Waals surface area contributed by atoms with Crippen LogP contribution in [-0.4, -0.2) is 13.0 Å². The van der Waals surface area contributed by atoms with Crippen LogP contribution in [0.15, 0.2) is 23.1 Å². The summed E-state index contributed by atoms with van der Waals surface area (Å²) in [6.07, 6.45) is 0. The lowest BCUT2D eigenvalue weighted by molar-refractivity contribution is 0.503. The van der Waals surface area contributed by atoms with Crippen molar-refractivity contribution >= 4 is 25.6 Å². The molecule has 0 heterocycles. The minimum atomic E-state index is -4.09. The van der Waals surface area contributed by atoms with E-state index in [1.807, 2.05) is 0 Å². The van der Waals surface area contributed by atoms with Gasteiger partial charge in [0, 0.05) is 16.5 Å². The molecule has 0 amide bonds. The van der Waals surface area contributed by atoms with Crippen molar-refractivity contribution in [1.29, 1.82) is 0 Å². The van der Waals surface area contributed by atoms with Gasteiger partial charge in [-0.25, -0.2) is 0 Å². The van der Waals surface area contributed by atoms with Crippen molar-refractivity contribution in [2.24, 2.45) is 0 Å². The molecule has 0 saturated carbocycles. The fraction of sp³-hybridized carbons (Fsp3) is 0.143. The molecule has 0 unspecified atom stereocenters. The van der Waals surface area contributed by atoms with Crippen molar-refractivity contribution in [3.05, 3.63) is 23.8 Å². The van der Waals surface area contributed by atoms with Gasteiger partial charge in [-0.15, -0.1) is 0 Å². The highest BCUT2D eigenvalue weighted by atomic mass is 33.1. The van der Waals surface area contributed by atoms with Gasteiger partial charge in [0.15, 0.2) is 0 Å². The van der Waals surface area contributed by atoms with Crippen LogP contribution in [-0.2, 0) is 9.15 Å². The van der Waals surface area contributed by atoms with Crippen LogP contribution in [0.3, 0.4) is 0 Å². The van der Waals surface area contributed by atoms with Gasteiger partial charge in [0.25, 0.3) is 0 Å². The zero-order valence-corrected chi connectivity index (χ0v) is 8.52. The first kappa shape index (κ1) is 10.4. The first-order valence-corrected chi connectivity index (χ1v) is 6.19. The molecule has 0 fully saturated rings. The summed E-state index contributed by atoms with van der Waals surface area (Å²) in [5, 5.41) is 0. The summed E-state index contributed by atoms with van der Waals surface area (Å²) in [7, 11) is -3.73. The third-order valence-electron chi connectivity index (χ3n) is 1.43. The van der Waals surface area contributed by atoms with E-state index < -0.39 is 9.15 Å². The van der Waals surface area contributed by atoms with E-state index in [4.69, 9.17) is 10.3 Å². The Morgan fingerprint density at radius 2 is 2.08 bits per heavy atom. The quantitative estimate of drug-likeness (QED) is 0.447. The van der Waals surface area contributed by atoms with Crippen LogP contribution in [0, 0.1) is 6.92 Å². The average molecular weight is 219 g/mol. The second-order valence-electron chi connectivity index (χ2n) is 2.50. The lowest BCUT2D eigenvalue weighted by Crippen LogP contribution is -1.95. The lowest BCUT2D eigenvalue weighted by Gasteiger charge is -2.05. The van der Waals surface area contributed by atoms with Crippen LogP contribution in [0.2, 0.25) is 0 Å². The van der Waals surface area contributed by atoms with Gasteiger partial charge in [0.1, 0.15) is 0 Å². The SMILES string of the molecule is Cc1cccc(N)c1SS(=O)(=O)O. The summed E-state index contributed by atoms with van der Waals surface area (Å²) in [5.41, 5.74) is 6.61. The highest BCUT2D eigenvalue weighted by Crippen LogP contribution is 2.31. The van der Waals surface area contributed by atoms with Gasteiger partial charge in [-0.05, 0) is 18.6 Å². The van der Waals surface area contributed by atoms with Crippen LogP contribution in [0.1, 0.15) is 5.56 Å². The highest BCUT2D eigenvalue weighted by Gasteiger charge is 2.12. The first-order chi connectivity index (χ1) is 5.90. The van der Waals surface area contributed by atoms with Crippen molar-refractivity contribution in [1.82, 2.24) is 0 Å². The van der Waals surface area contributed by atoms with E-state index in [0.29, 0.717) is 21.4 Å². The van der Waals surface area contributed by atoms with Crippen LogP contribution in [0.5, 0.6) is 0 Å². The molecule has 4 nitrogen and oxygen atoms in total. The molecule has 72 valence electrons. The Hall–Kier alpha value is -0.720. The Labute approximate surface area is 80.3 Å². The van der Waals surface area contributed by atoms with E-state index in [2.05, 4.69) is 0 Å². The maximum atomic E-state index is 10.6. The van der Waals surface area contributed by atoms with E-state index in [1.54, 1.807) is 25.1 Å². The standard InChI is InChI=1S/C7H9NO3S2/c1-5-3-2-4-6(8)7(5)12-13(9,10)11/h2-4H,8H2,1H3,(H,9,10,11). The summed E-state index contributed by atoms with van der Waals surface area (Å²) in [5.74, 6) is 0. The summed E-state index contributed by atoms with van der Waals surface area (Å²) < 4.78 is 29.7. The molecule has 0 spiro atoms. The molecule has 0 radical (unpaired) electrons. The van der Waals surface area contributed by atoms with Gasteiger partial charge in [0.05, 0.1) is 4.90 Å². The van der Waals surface area contributed by atoms with E-state index in [-0.39, 0.29) is 0 Å². The maximum Gasteiger partial charge on any atom is 0.324 e. The molecule has 0 bridgehead atoms. The molecule has 1 aromatic rings. The number of anilines is 1. The zero-order valence-electron chi connectivity index (χ0n) is 6.89. The number of hydrogen-bond donors (Lipinski definition) is 2. The fourth-order valence-electron chi connectivity index (χ4n) is 0.894. The molecular formula is C7H9NO3S2. The van der Waals surface area contributed by atoms with E-state index in [9.17, 15) is 8.42 Å². The van der Waals surface area contributed by atoms with E-state index in [0.717, 1.165) is 5.56 Å². The molecule has 0 atom stereocenters. The molecule has 3 N–H and O–H groups in total. The van der Waals surface area contributed by atoms with Gasteiger partial charge in [-0.1, -0.05) is 12.1 Å². The fourth-order valence-corrected chi connectivity index (χ4v) is 2.78. The Bertz CT molecular complexity index is 393. The van der Waals surface area contributed by atoms with Crippen molar-refractivity contribution < 1.29 is 13.0 Å². The van der Waals surface area contributed by atoms with Crippen LogP contribution in [0.25, 0.3) is 0 Å². The second-order valence-corrected chi connectivity index (χ2v) is 5.70. The molecule has 0 saturated heterocycles. The Kier molecular flexibility index (Phi) is 2.84. The predicted octanol–water partition coefficient (Wildman–Crippen LogP) is 1.47. The molecular weight excluding hydrogens is 210 g/mol. The van der Waals surface area contributed by atoms with Gasteiger partial charge in [-0.2, -0.15) is 8.42 Å². The maximum absolute atomic E-state index is 10.6. The van der Waals surface area contributed by atoms with Gasteiger partial charge in [0.2, 0.25) is 0 Å². The Morgan fingerprint density at radius 1 is 1.46 bits per heavy atom. The highest BCUT2D eigenvalue weighted by molar-refractivity contribution is 8.70. The zero-order chi connectivity index (χ0) is 10.1. The van der Waals surface area contributed by atoms with Gasteiger partial charge < -0.3 is 5.73 Å². The van der Waals surface area contributed by atoms with Crippen LogP contribution >= 0.6 is 10.8 Å². The third-order valence-corrected chi connectivity index (χ3v) is 3.50. The largest absolute Gasteiger partial charge is 0.398 e. The van der Waals surface area contributed by atoms with E-state index in [1.165, 1.54) is 0 Å². The minimum absolute atomic E-state index is 0.350. The summed E-state index contributed by atoms with van der Waals surface area (Å²) in [6.45, 7) is 1.73. The molecule has 1 aromatic carbocycles. The Balaban J connectivity index is 3.15. The number of hydrogen-bond acceptors (Lipinski definition) is 4. The smallest absolute Gasteiger partial charge is 0.324 e. The van der Waals surface area contributed by atoms with Crippen molar-refractivity contribution in [3.8, 4) is 0 Å². The molecule has 0 aliphatic carbocycles. The van der Waals surface area contributed by atoms with Crippen molar-refractivity contribution in [3.63, 3.8) is 0 Å². The van der Waals surface area contributed by atoms with Gasteiger partial charge in [-0.3, -0.25) is 4.55 Å². The number of rotatable bonds is 2. The summed E-state index contributed by atoms with van der Waals surface area (Å²) in [4.78, 5) is 0.380. The summed E-state index contributed by atoms with van der Waals surface area (Å²) in [6, 6.07) is 5.03. The van der Waals surface area contributed by atoms with Gasteiger partial charge >= 0.3 is 9.15 Å². The number of aryl methyl sites for hydroxylation is 1. The number of benzene rings is 1. The van der Waals surface area contributed by atoms with Crippen LogP contribution < -0.4 is 5.73 Å². The topological polar surface area (TPSA) is 80.4 Å². The summed E-state index contributed by atoms with van der Waals surface area (Å²) >= 11 is 0. The first-order valence-electron chi connectivity index (χ1n) is 3.42. The normalized spacial score (nSPS) is 11.5. The molecule has 0 aliphatic heterocycles. The lowest BCUT2D eigenvalue weighted by atomic mass is 10.2. The average Bonchev–Trinajstić information content (AvgIpc) is 1.95. The Morgan fingerprint density at radius 3 is 2.54 bits per heavy atom. The molecule has 0 aliphatic rings. The number of nitrogens with two attached hydrogens (primary N) is 1. The second kappa shape index (κ2) is 3.57. The minimum Gasteiger partial charge on any atom is -0.398 e. The molecule has 13 heavy (non-hydrogen) atoms. The monoisotopic (exact) mass is 219 g/mol. The predicted molar refractivity (Wildman–Crippen MR) is 53.0 cm³/mol. The van der Waals surface area contributed by atoms with Crippen LogP contribution in [0.4, 0.5) is 5.69 Å². The van der Waals surface area contributed by atoms with E-state index >= 15 is 0 Å². The molecule has 6 heteroatoms. The van der Waals surface area contributed by atoms with Crippen molar-refractivity contribution in [2.75, 3.05) is 5.73 Å². The van der Waals surface area contributed by atoms with Crippen molar-refractivity contribution in [2.45, 2.75) is 11.8 Å². The number of nitrogen functional groups attached to an aromatic ring is 1. The molecule has 1 rings (SSSR count).